The van der Waals surface area contributed by atoms with E-state index in [1.807, 2.05) is 24.7 Å². The minimum Gasteiger partial charge on any atom is -0.375 e. The van der Waals surface area contributed by atoms with Crippen LogP contribution in [-0.2, 0) is 11.8 Å². The maximum atomic E-state index is 12.7. The molecule has 2 aliphatic rings. The standard InChI is InChI=1S/C18H25N3O2S/c1-12-14-10-15(24-17(14)21(2)20-12)16(22)19-13-6-9-23-18(11-13)7-4-3-5-8-18/h10,13H,3-9,11H2,1-2H3,(H,19,22)/t13-/m1/s1. The second kappa shape index (κ2) is 6.15. The van der Waals surface area contributed by atoms with Crippen molar-refractivity contribution in [1.82, 2.24) is 15.1 Å². The van der Waals surface area contributed by atoms with Crippen LogP contribution in [-0.4, -0.2) is 33.9 Å². The van der Waals surface area contributed by atoms with Crippen LogP contribution in [0.15, 0.2) is 6.07 Å². The fourth-order valence-corrected chi connectivity index (χ4v) is 5.30. The van der Waals surface area contributed by atoms with Gasteiger partial charge in [-0.25, -0.2) is 0 Å². The number of hydrogen-bond donors (Lipinski definition) is 1. The number of rotatable bonds is 2. The molecule has 0 bridgehead atoms. The summed E-state index contributed by atoms with van der Waals surface area (Å²) in [6.07, 6.45) is 7.99. The first kappa shape index (κ1) is 16.1. The number of amides is 1. The van der Waals surface area contributed by atoms with E-state index in [9.17, 15) is 4.79 Å². The summed E-state index contributed by atoms with van der Waals surface area (Å²) in [4.78, 5) is 14.5. The molecule has 1 N–H and O–H groups in total. The van der Waals surface area contributed by atoms with Gasteiger partial charge in [0.2, 0.25) is 0 Å². The van der Waals surface area contributed by atoms with Crippen molar-refractivity contribution in [3.63, 3.8) is 0 Å². The van der Waals surface area contributed by atoms with Gasteiger partial charge in [0, 0.05) is 25.1 Å². The van der Waals surface area contributed by atoms with Crippen molar-refractivity contribution in [2.45, 2.75) is 63.5 Å². The molecule has 1 atom stereocenters. The Morgan fingerprint density at radius 2 is 2.21 bits per heavy atom. The topological polar surface area (TPSA) is 56.2 Å². The minimum absolute atomic E-state index is 0.0229. The number of aromatic nitrogens is 2. The predicted molar refractivity (Wildman–Crippen MR) is 95.6 cm³/mol. The van der Waals surface area contributed by atoms with Crippen LogP contribution in [0.25, 0.3) is 10.2 Å². The fourth-order valence-electron chi connectivity index (χ4n) is 4.27. The molecule has 2 aromatic heterocycles. The van der Waals surface area contributed by atoms with Crippen molar-refractivity contribution >= 4 is 27.5 Å². The minimum atomic E-state index is 0.0229. The highest BCUT2D eigenvalue weighted by molar-refractivity contribution is 7.20. The largest absolute Gasteiger partial charge is 0.375 e. The van der Waals surface area contributed by atoms with E-state index in [1.54, 1.807) is 0 Å². The molecule has 130 valence electrons. The lowest BCUT2D eigenvalue weighted by Gasteiger charge is -2.43. The third-order valence-corrected chi connectivity index (χ3v) is 6.71. The summed E-state index contributed by atoms with van der Waals surface area (Å²) in [6, 6.07) is 2.21. The van der Waals surface area contributed by atoms with Crippen molar-refractivity contribution in [2.75, 3.05) is 6.61 Å². The summed E-state index contributed by atoms with van der Waals surface area (Å²) in [5.41, 5.74) is 1.00. The summed E-state index contributed by atoms with van der Waals surface area (Å²) >= 11 is 1.53. The molecule has 1 saturated carbocycles. The smallest absolute Gasteiger partial charge is 0.261 e. The normalized spacial score (nSPS) is 23.7. The van der Waals surface area contributed by atoms with E-state index in [0.717, 1.165) is 53.1 Å². The molecule has 4 rings (SSSR count). The molecule has 0 radical (unpaired) electrons. The summed E-state index contributed by atoms with van der Waals surface area (Å²) < 4.78 is 7.99. The molecule has 2 aromatic rings. The van der Waals surface area contributed by atoms with Crippen LogP contribution in [0, 0.1) is 6.92 Å². The fraction of sp³-hybridized carbons (Fsp3) is 0.667. The zero-order valence-electron chi connectivity index (χ0n) is 14.4. The van der Waals surface area contributed by atoms with Gasteiger partial charge in [0.05, 0.1) is 16.2 Å². The molecular weight excluding hydrogens is 322 g/mol. The molecule has 0 unspecified atom stereocenters. The molecule has 5 nitrogen and oxygen atoms in total. The van der Waals surface area contributed by atoms with Crippen molar-refractivity contribution in [2.24, 2.45) is 7.05 Å². The maximum Gasteiger partial charge on any atom is 0.261 e. The second-order valence-corrected chi connectivity index (χ2v) is 8.32. The third kappa shape index (κ3) is 2.86. The number of carbonyl (C=O) groups excluding carboxylic acids is 1. The highest BCUT2D eigenvalue weighted by Crippen LogP contribution is 2.38. The number of carbonyl (C=O) groups is 1. The van der Waals surface area contributed by atoms with Gasteiger partial charge in [0.1, 0.15) is 4.83 Å². The van der Waals surface area contributed by atoms with E-state index in [2.05, 4.69) is 10.4 Å². The molecular formula is C18H25N3O2S. The van der Waals surface area contributed by atoms with E-state index < -0.39 is 0 Å². The van der Waals surface area contributed by atoms with Crippen molar-refractivity contribution in [3.05, 3.63) is 16.6 Å². The Kier molecular flexibility index (Phi) is 4.12. The monoisotopic (exact) mass is 347 g/mol. The Balaban J connectivity index is 1.47. The Bertz CT molecular complexity index is 718. The lowest BCUT2D eigenvalue weighted by Crippen LogP contribution is -2.49. The van der Waals surface area contributed by atoms with Crippen LogP contribution in [0.2, 0.25) is 0 Å². The molecule has 0 aromatic carbocycles. The van der Waals surface area contributed by atoms with E-state index in [1.165, 1.54) is 30.6 Å². The Morgan fingerprint density at radius 1 is 1.42 bits per heavy atom. The highest BCUT2D eigenvalue weighted by Gasteiger charge is 2.39. The lowest BCUT2D eigenvalue weighted by molar-refractivity contribution is -0.107. The van der Waals surface area contributed by atoms with Crippen LogP contribution >= 0.6 is 11.3 Å². The first-order chi connectivity index (χ1) is 11.6. The van der Waals surface area contributed by atoms with Crippen LogP contribution < -0.4 is 5.32 Å². The van der Waals surface area contributed by atoms with Crippen molar-refractivity contribution in [1.29, 1.82) is 0 Å². The average molecular weight is 347 g/mol. The van der Waals surface area contributed by atoms with E-state index in [0.29, 0.717) is 0 Å². The first-order valence-corrected chi connectivity index (χ1v) is 9.76. The summed E-state index contributed by atoms with van der Waals surface area (Å²) in [5, 5.41) is 8.75. The molecule has 2 fully saturated rings. The van der Waals surface area contributed by atoms with Gasteiger partial charge < -0.3 is 10.1 Å². The van der Waals surface area contributed by atoms with E-state index in [4.69, 9.17) is 4.74 Å². The van der Waals surface area contributed by atoms with Gasteiger partial charge in [-0.15, -0.1) is 11.3 Å². The number of aryl methyl sites for hydroxylation is 2. The van der Waals surface area contributed by atoms with E-state index in [-0.39, 0.29) is 17.6 Å². The summed E-state index contributed by atoms with van der Waals surface area (Å²) in [7, 11) is 1.93. The van der Waals surface area contributed by atoms with Crippen LogP contribution in [0.1, 0.15) is 60.3 Å². The van der Waals surface area contributed by atoms with Crippen molar-refractivity contribution < 1.29 is 9.53 Å². The van der Waals surface area contributed by atoms with Crippen LogP contribution in [0.3, 0.4) is 0 Å². The molecule has 1 aliphatic carbocycles. The van der Waals surface area contributed by atoms with E-state index >= 15 is 0 Å². The summed E-state index contributed by atoms with van der Waals surface area (Å²) in [5.74, 6) is 0.0495. The number of thiophene rings is 1. The van der Waals surface area contributed by atoms with Crippen molar-refractivity contribution in [3.8, 4) is 0 Å². The highest BCUT2D eigenvalue weighted by atomic mass is 32.1. The SMILES string of the molecule is Cc1nn(C)c2sc(C(=O)N[C@@H]3CCOC4(CCCCC4)C3)cc12. The number of fused-ring (bicyclic) bond motifs is 1. The zero-order valence-corrected chi connectivity index (χ0v) is 15.2. The number of ether oxygens (including phenoxy) is 1. The van der Waals surface area contributed by atoms with Gasteiger partial charge in [-0.3, -0.25) is 9.48 Å². The number of nitrogens with zero attached hydrogens (tertiary/aromatic N) is 2. The van der Waals surface area contributed by atoms with Gasteiger partial charge in [-0.2, -0.15) is 5.10 Å². The molecule has 6 heteroatoms. The van der Waals surface area contributed by atoms with Gasteiger partial charge in [0.15, 0.2) is 0 Å². The van der Waals surface area contributed by atoms with Crippen LogP contribution in [0.4, 0.5) is 0 Å². The van der Waals surface area contributed by atoms with Gasteiger partial charge in [-0.1, -0.05) is 19.3 Å². The number of hydrogen-bond acceptors (Lipinski definition) is 4. The molecule has 1 saturated heterocycles. The molecule has 24 heavy (non-hydrogen) atoms. The zero-order chi connectivity index (χ0) is 16.7. The Hall–Kier alpha value is -1.40. The average Bonchev–Trinajstić information content (AvgIpc) is 3.10. The lowest BCUT2D eigenvalue weighted by atomic mass is 9.78. The predicted octanol–water partition coefficient (Wildman–Crippen LogP) is 3.55. The first-order valence-electron chi connectivity index (χ1n) is 8.94. The molecule has 1 spiro atoms. The quantitative estimate of drug-likeness (QED) is 0.904. The second-order valence-electron chi connectivity index (χ2n) is 7.29. The molecule has 3 heterocycles. The van der Waals surface area contributed by atoms with Gasteiger partial charge in [-0.05, 0) is 38.7 Å². The number of nitrogens with one attached hydrogen (secondary N) is 1. The van der Waals surface area contributed by atoms with Gasteiger partial charge >= 0.3 is 0 Å². The third-order valence-electron chi connectivity index (χ3n) is 5.51. The van der Waals surface area contributed by atoms with Gasteiger partial charge in [0.25, 0.3) is 5.91 Å². The Morgan fingerprint density at radius 3 is 2.96 bits per heavy atom. The Labute approximate surface area is 146 Å². The molecule has 1 amide bonds. The van der Waals surface area contributed by atoms with Crippen LogP contribution in [0.5, 0.6) is 0 Å². The molecule has 1 aliphatic heterocycles. The summed E-state index contributed by atoms with van der Waals surface area (Å²) in [6.45, 7) is 2.75. The maximum absolute atomic E-state index is 12.7.